The van der Waals surface area contributed by atoms with E-state index in [0.29, 0.717) is 13.2 Å². The molecule has 1 aliphatic carbocycles. The van der Waals surface area contributed by atoms with Crippen molar-refractivity contribution in [1.29, 1.82) is 0 Å². The summed E-state index contributed by atoms with van der Waals surface area (Å²) in [7, 11) is 0. The molecular weight excluding hydrogens is 264 g/mol. The number of ether oxygens (including phenoxy) is 1. The molecule has 4 nitrogen and oxygen atoms in total. The van der Waals surface area contributed by atoms with Crippen LogP contribution in [0.5, 0.6) is 0 Å². The van der Waals surface area contributed by atoms with Crippen LogP contribution < -0.4 is 10.6 Å². The van der Waals surface area contributed by atoms with E-state index < -0.39 is 0 Å². The molecule has 21 heavy (non-hydrogen) atoms. The molecule has 0 aromatic heterocycles. The standard InChI is InChI=1S/C17H26N2O2/c1-3-21-12-6-11-18-16(20)19-13-17(9-10-17)15-8-5-4-7-14(15)2/h4-5,7-8H,3,6,9-13H2,1-2H3,(H2,18,19,20). The van der Waals surface area contributed by atoms with E-state index in [0.717, 1.165) is 32.4 Å². The van der Waals surface area contributed by atoms with Crippen LogP contribution in [0.1, 0.15) is 37.3 Å². The summed E-state index contributed by atoms with van der Waals surface area (Å²) >= 11 is 0. The molecular formula is C17H26N2O2. The second-order valence-corrected chi connectivity index (χ2v) is 5.76. The van der Waals surface area contributed by atoms with Gasteiger partial charge in [-0.15, -0.1) is 0 Å². The van der Waals surface area contributed by atoms with Crippen molar-refractivity contribution >= 4 is 6.03 Å². The minimum Gasteiger partial charge on any atom is -0.382 e. The van der Waals surface area contributed by atoms with Gasteiger partial charge in [0.15, 0.2) is 0 Å². The van der Waals surface area contributed by atoms with Crippen molar-refractivity contribution in [2.24, 2.45) is 0 Å². The van der Waals surface area contributed by atoms with Crippen LogP contribution in [0.15, 0.2) is 24.3 Å². The Morgan fingerprint density at radius 3 is 2.71 bits per heavy atom. The largest absolute Gasteiger partial charge is 0.382 e. The number of amides is 2. The highest BCUT2D eigenvalue weighted by Gasteiger charge is 2.45. The van der Waals surface area contributed by atoms with Gasteiger partial charge in [0.2, 0.25) is 0 Å². The number of hydrogen-bond donors (Lipinski definition) is 2. The van der Waals surface area contributed by atoms with E-state index >= 15 is 0 Å². The third kappa shape index (κ3) is 4.46. The molecule has 1 aromatic rings. The molecule has 4 heteroatoms. The number of carbonyl (C=O) groups excluding carboxylic acids is 1. The Kier molecular flexibility index (Phi) is 5.62. The predicted octanol–water partition coefficient (Wildman–Crippen LogP) is 2.75. The molecule has 0 heterocycles. The fraction of sp³-hybridized carbons (Fsp3) is 0.588. The monoisotopic (exact) mass is 290 g/mol. The molecule has 0 unspecified atom stereocenters. The third-order valence-electron chi connectivity index (χ3n) is 4.11. The van der Waals surface area contributed by atoms with Crippen molar-refractivity contribution in [3.05, 3.63) is 35.4 Å². The molecule has 1 fully saturated rings. The van der Waals surface area contributed by atoms with Gasteiger partial charge < -0.3 is 15.4 Å². The van der Waals surface area contributed by atoms with Crippen molar-refractivity contribution in [2.45, 2.75) is 38.5 Å². The van der Waals surface area contributed by atoms with Gasteiger partial charge in [0.1, 0.15) is 0 Å². The Morgan fingerprint density at radius 2 is 2.05 bits per heavy atom. The van der Waals surface area contributed by atoms with Crippen LogP contribution in [0, 0.1) is 6.92 Å². The smallest absolute Gasteiger partial charge is 0.314 e. The van der Waals surface area contributed by atoms with E-state index in [2.05, 4.69) is 41.8 Å². The number of carbonyl (C=O) groups is 1. The zero-order valence-corrected chi connectivity index (χ0v) is 13.1. The highest BCUT2D eigenvalue weighted by molar-refractivity contribution is 5.74. The molecule has 2 rings (SSSR count). The zero-order valence-electron chi connectivity index (χ0n) is 13.1. The van der Waals surface area contributed by atoms with Crippen LogP contribution in [0.25, 0.3) is 0 Å². The number of aryl methyl sites for hydroxylation is 1. The topological polar surface area (TPSA) is 50.4 Å². The van der Waals surface area contributed by atoms with Gasteiger partial charge in [-0.05, 0) is 44.2 Å². The second-order valence-electron chi connectivity index (χ2n) is 5.76. The molecule has 2 N–H and O–H groups in total. The summed E-state index contributed by atoms with van der Waals surface area (Å²) in [6, 6.07) is 8.39. The van der Waals surface area contributed by atoms with E-state index in [1.807, 2.05) is 6.92 Å². The molecule has 0 spiro atoms. The number of urea groups is 1. The van der Waals surface area contributed by atoms with Crippen molar-refractivity contribution in [3.8, 4) is 0 Å². The first-order valence-corrected chi connectivity index (χ1v) is 7.83. The lowest BCUT2D eigenvalue weighted by molar-refractivity contribution is 0.145. The summed E-state index contributed by atoms with van der Waals surface area (Å²) in [5, 5.41) is 5.89. The van der Waals surface area contributed by atoms with Crippen molar-refractivity contribution < 1.29 is 9.53 Å². The van der Waals surface area contributed by atoms with Crippen LogP contribution in [-0.2, 0) is 10.2 Å². The van der Waals surface area contributed by atoms with Gasteiger partial charge in [-0.2, -0.15) is 0 Å². The number of rotatable bonds is 8. The highest BCUT2D eigenvalue weighted by Crippen LogP contribution is 2.48. The van der Waals surface area contributed by atoms with Gasteiger partial charge in [-0.25, -0.2) is 4.79 Å². The predicted molar refractivity (Wildman–Crippen MR) is 84.6 cm³/mol. The maximum absolute atomic E-state index is 11.8. The van der Waals surface area contributed by atoms with Crippen molar-refractivity contribution in [1.82, 2.24) is 10.6 Å². The van der Waals surface area contributed by atoms with Gasteiger partial charge in [0, 0.05) is 31.7 Å². The Bertz CT molecular complexity index is 470. The summed E-state index contributed by atoms with van der Waals surface area (Å²) in [6.45, 7) is 6.91. The quantitative estimate of drug-likeness (QED) is 0.723. The summed E-state index contributed by atoms with van der Waals surface area (Å²) in [5.74, 6) is 0. The Balaban J connectivity index is 1.73. The summed E-state index contributed by atoms with van der Waals surface area (Å²) in [6.07, 6.45) is 3.16. The van der Waals surface area contributed by atoms with Gasteiger partial charge >= 0.3 is 6.03 Å². The lowest BCUT2D eigenvalue weighted by atomic mass is 9.92. The molecule has 116 valence electrons. The summed E-state index contributed by atoms with van der Waals surface area (Å²) in [4.78, 5) is 11.8. The lowest BCUT2D eigenvalue weighted by Crippen LogP contribution is -2.40. The normalized spacial score (nSPS) is 15.5. The molecule has 1 aromatic carbocycles. The average molecular weight is 290 g/mol. The second kappa shape index (κ2) is 7.46. The number of benzene rings is 1. The molecule has 0 aliphatic heterocycles. The fourth-order valence-electron chi connectivity index (χ4n) is 2.69. The summed E-state index contributed by atoms with van der Waals surface area (Å²) < 4.78 is 5.24. The molecule has 2 amide bonds. The molecule has 0 saturated heterocycles. The first-order valence-electron chi connectivity index (χ1n) is 7.83. The van der Waals surface area contributed by atoms with Gasteiger partial charge in [-0.3, -0.25) is 0 Å². The number of hydrogen-bond acceptors (Lipinski definition) is 2. The molecule has 0 atom stereocenters. The zero-order chi connectivity index (χ0) is 15.1. The van der Waals surface area contributed by atoms with E-state index in [1.54, 1.807) is 0 Å². The van der Waals surface area contributed by atoms with Crippen molar-refractivity contribution in [3.63, 3.8) is 0 Å². The maximum atomic E-state index is 11.8. The molecule has 0 bridgehead atoms. The van der Waals surface area contributed by atoms with Gasteiger partial charge in [-0.1, -0.05) is 24.3 Å². The molecule has 0 radical (unpaired) electrons. The third-order valence-corrected chi connectivity index (χ3v) is 4.11. The van der Waals surface area contributed by atoms with E-state index in [-0.39, 0.29) is 11.4 Å². The van der Waals surface area contributed by atoms with Crippen LogP contribution in [-0.4, -0.2) is 32.3 Å². The van der Waals surface area contributed by atoms with Gasteiger partial charge in [0.05, 0.1) is 0 Å². The van der Waals surface area contributed by atoms with Crippen LogP contribution in [0.4, 0.5) is 4.79 Å². The Morgan fingerprint density at radius 1 is 1.29 bits per heavy atom. The Labute approximate surface area is 127 Å². The first kappa shape index (κ1) is 15.8. The first-order chi connectivity index (χ1) is 10.2. The minimum atomic E-state index is -0.0774. The highest BCUT2D eigenvalue weighted by atomic mass is 16.5. The minimum absolute atomic E-state index is 0.0774. The van der Waals surface area contributed by atoms with E-state index in [9.17, 15) is 4.79 Å². The fourth-order valence-corrected chi connectivity index (χ4v) is 2.69. The van der Waals surface area contributed by atoms with Crippen molar-refractivity contribution in [2.75, 3.05) is 26.3 Å². The average Bonchev–Trinajstić information content (AvgIpc) is 3.26. The van der Waals surface area contributed by atoms with E-state index in [1.165, 1.54) is 11.1 Å². The van der Waals surface area contributed by atoms with E-state index in [4.69, 9.17) is 4.74 Å². The lowest BCUT2D eigenvalue weighted by Gasteiger charge is -2.19. The SMILES string of the molecule is CCOCCCNC(=O)NCC1(c2ccccc2C)CC1. The van der Waals surface area contributed by atoms with Crippen LogP contribution >= 0.6 is 0 Å². The molecule has 1 aliphatic rings. The summed E-state index contributed by atoms with van der Waals surface area (Å²) in [5.41, 5.74) is 2.85. The van der Waals surface area contributed by atoms with Crippen LogP contribution in [0.2, 0.25) is 0 Å². The van der Waals surface area contributed by atoms with Gasteiger partial charge in [0.25, 0.3) is 0 Å². The van der Waals surface area contributed by atoms with Crippen LogP contribution in [0.3, 0.4) is 0 Å². The maximum Gasteiger partial charge on any atom is 0.314 e. The number of nitrogens with one attached hydrogen (secondary N) is 2. The molecule has 1 saturated carbocycles. The Hall–Kier alpha value is -1.55.